The number of nitrogens with one attached hydrogen (secondary N) is 2. The van der Waals surface area contributed by atoms with Crippen LogP contribution in [-0.2, 0) is 9.59 Å². The molecule has 142 valence electrons. The number of carbonyl (C=O) groups excluding carboxylic acids is 2. The maximum Gasteiger partial charge on any atom is 0.239 e. The van der Waals surface area contributed by atoms with Gasteiger partial charge in [0.05, 0.1) is 24.3 Å². The molecule has 0 aliphatic heterocycles. The molecule has 0 fully saturated rings. The molecular weight excluding hydrogens is 354 g/mol. The van der Waals surface area contributed by atoms with Crippen LogP contribution in [0, 0.1) is 5.92 Å². The van der Waals surface area contributed by atoms with Gasteiger partial charge in [0, 0.05) is 12.4 Å². The Morgan fingerprint density at radius 3 is 2.58 bits per heavy atom. The Bertz CT molecular complexity index is 718. The summed E-state index contributed by atoms with van der Waals surface area (Å²) < 4.78 is 1.76. The van der Waals surface area contributed by atoms with Gasteiger partial charge in [0.1, 0.15) is 0 Å². The van der Waals surface area contributed by atoms with E-state index < -0.39 is 6.04 Å². The molecule has 2 rings (SSSR count). The fraction of sp³-hybridized carbons (Fsp3) is 0.389. The van der Waals surface area contributed by atoms with Crippen molar-refractivity contribution in [2.24, 2.45) is 11.7 Å². The first kappa shape index (κ1) is 21.7. The largest absolute Gasteiger partial charge is 0.348 e. The number of aromatic nitrogens is 2. The molecule has 0 spiro atoms. The molecule has 0 bridgehead atoms. The molecule has 2 amide bonds. The molecule has 0 saturated heterocycles. The maximum absolute atomic E-state index is 12.1. The van der Waals surface area contributed by atoms with Gasteiger partial charge in [-0.2, -0.15) is 5.10 Å². The number of nitrogens with zero attached hydrogens (tertiary/aromatic N) is 2. The van der Waals surface area contributed by atoms with E-state index in [0.29, 0.717) is 0 Å². The van der Waals surface area contributed by atoms with Crippen LogP contribution in [0.5, 0.6) is 0 Å². The summed E-state index contributed by atoms with van der Waals surface area (Å²) in [5.74, 6) is -0.563. The number of hydrogen-bond donors (Lipinski definition) is 3. The third-order valence-electron chi connectivity index (χ3n) is 3.96. The van der Waals surface area contributed by atoms with Crippen molar-refractivity contribution in [2.45, 2.75) is 32.9 Å². The fourth-order valence-corrected chi connectivity index (χ4v) is 2.32. The van der Waals surface area contributed by atoms with Crippen LogP contribution in [0.15, 0.2) is 42.7 Å². The third kappa shape index (κ3) is 5.86. The van der Waals surface area contributed by atoms with Gasteiger partial charge in [-0.15, -0.1) is 12.4 Å². The van der Waals surface area contributed by atoms with Gasteiger partial charge in [-0.25, -0.2) is 4.68 Å². The smallest absolute Gasteiger partial charge is 0.239 e. The van der Waals surface area contributed by atoms with Gasteiger partial charge in [0.2, 0.25) is 11.8 Å². The van der Waals surface area contributed by atoms with Crippen molar-refractivity contribution >= 4 is 24.2 Å². The quantitative estimate of drug-likeness (QED) is 0.679. The topological polar surface area (TPSA) is 102 Å². The number of benzene rings is 1. The van der Waals surface area contributed by atoms with Crippen molar-refractivity contribution in [1.82, 2.24) is 20.4 Å². The molecule has 7 nitrogen and oxygen atoms in total. The van der Waals surface area contributed by atoms with E-state index in [1.165, 1.54) is 0 Å². The van der Waals surface area contributed by atoms with Crippen LogP contribution in [0.25, 0.3) is 5.69 Å². The van der Waals surface area contributed by atoms with Gasteiger partial charge in [-0.3, -0.25) is 9.59 Å². The van der Waals surface area contributed by atoms with Crippen molar-refractivity contribution in [3.63, 3.8) is 0 Å². The first-order valence-electron chi connectivity index (χ1n) is 8.31. The first-order chi connectivity index (χ1) is 11.9. The van der Waals surface area contributed by atoms with Gasteiger partial charge in [0.15, 0.2) is 0 Å². The minimum absolute atomic E-state index is 0. The Balaban J connectivity index is 0.00000338. The second kappa shape index (κ2) is 9.94. The zero-order chi connectivity index (χ0) is 18.4. The average Bonchev–Trinajstić information content (AvgIpc) is 3.13. The minimum atomic E-state index is -0.615. The van der Waals surface area contributed by atoms with Gasteiger partial charge < -0.3 is 16.4 Å². The minimum Gasteiger partial charge on any atom is -0.348 e. The second-order valence-electron chi connectivity index (χ2n) is 6.32. The molecule has 0 saturated carbocycles. The van der Waals surface area contributed by atoms with Crippen LogP contribution in [0.4, 0.5) is 0 Å². The van der Waals surface area contributed by atoms with E-state index in [9.17, 15) is 9.59 Å². The molecular formula is C18H26ClN5O2. The van der Waals surface area contributed by atoms with Crippen molar-refractivity contribution in [2.75, 3.05) is 6.54 Å². The molecule has 4 N–H and O–H groups in total. The Hall–Kier alpha value is -2.38. The molecule has 2 atom stereocenters. The van der Waals surface area contributed by atoms with Crippen molar-refractivity contribution in [3.05, 3.63) is 48.3 Å². The predicted octanol–water partition coefficient (Wildman–Crippen LogP) is 1.57. The maximum atomic E-state index is 12.1. The van der Waals surface area contributed by atoms with Crippen LogP contribution in [0.2, 0.25) is 0 Å². The number of amides is 2. The SMILES string of the molecule is CC(NC(=O)CNC(=O)[C@@H](N)C(C)C)c1cccc(-n2cccn2)c1.Cl. The van der Waals surface area contributed by atoms with E-state index in [-0.39, 0.29) is 42.7 Å². The molecule has 8 heteroatoms. The Morgan fingerprint density at radius 1 is 1.23 bits per heavy atom. The van der Waals surface area contributed by atoms with Crippen LogP contribution in [-0.4, -0.2) is 34.2 Å². The van der Waals surface area contributed by atoms with Gasteiger partial charge in [-0.05, 0) is 36.6 Å². The Morgan fingerprint density at radius 2 is 1.96 bits per heavy atom. The van der Waals surface area contributed by atoms with Crippen LogP contribution >= 0.6 is 12.4 Å². The third-order valence-corrected chi connectivity index (χ3v) is 3.96. The Labute approximate surface area is 159 Å². The average molecular weight is 380 g/mol. The van der Waals surface area contributed by atoms with Gasteiger partial charge >= 0.3 is 0 Å². The highest BCUT2D eigenvalue weighted by Gasteiger charge is 2.18. The van der Waals surface area contributed by atoms with Gasteiger partial charge in [0.25, 0.3) is 0 Å². The van der Waals surface area contributed by atoms with E-state index >= 15 is 0 Å². The summed E-state index contributed by atoms with van der Waals surface area (Å²) in [4.78, 5) is 23.8. The number of rotatable bonds is 7. The zero-order valence-electron chi connectivity index (χ0n) is 15.2. The number of nitrogens with two attached hydrogens (primary N) is 1. The standard InChI is InChI=1S/C18H25N5O2.ClH/c1-12(2)17(19)18(25)20-11-16(24)22-13(3)14-6-4-7-15(10-14)23-9-5-8-21-23;/h4-10,12-13,17H,11,19H2,1-3H3,(H,20,25)(H,22,24);1H/t13?,17-;/m0./s1. The Kier molecular flexibility index (Phi) is 8.28. The molecule has 1 aromatic carbocycles. The summed E-state index contributed by atoms with van der Waals surface area (Å²) in [5, 5.41) is 9.63. The highest BCUT2D eigenvalue weighted by Crippen LogP contribution is 2.16. The van der Waals surface area contributed by atoms with E-state index in [0.717, 1.165) is 11.3 Å². The lowest BCUT2D eigenvalue weighted by molar-refractivity contribution is -0.127. The predicted molar refractivity (Wildman–Crippen MR) is 103 cm³/mol. The molecule has 1 heterocycles. The van der Waals surface area contributed by atoms with E-state index in [1.807, 2.05) is 57.3 Å². The summed E-state index contributed by atoms with van der Waals surface area (Å²) in [6.07, 6.45) is 3.57. The summed E-state index contributed by atoms with van der Waals surface area (Å²) in [5.41, 5.74) is 7.62. The normalized spacial score (nSPS) is 12.8. The van der Waals surface area contributed by atoms with Crippen molar-refractivity contribution in [1.29, 1.82) is 0 Å². The summed E-state index contributed by atoms with van der Waals surface area (Å²) in [7, 11) is 0. The molecule has 26 heavy (non-hydrogen) atoms. The van der Waals surface area contributed by atoms with Crippen molar-refractivity contribution < 1.29 is 9.59 Å². The van der Waals surface area contributed by atoms with Crippen molar-refractivity contribution in [3.8, 4) is 5.69 Å². The lowest BCUT2D eigenvalue weighted by atomic mass is 10.1. The monoisotopic (exact) mass is 379 g/mol. The first-order valence-corrected chi connectivity index (χ1v) is 8.31. The van der Waals surface area contributed by atoms with Crippen LogP contribution in [0.1, 0.15) is 32.4 Å². The van der Waals surface area contributed by atoms with Gasteiger partial charge in [-0.1, -0.05) is 26.0 Å². The summed E-state index contributed by atoms with van der Waals surface area (Å²) in [6.45, 7) is 5.52. The van der Waals surface area contributed by atoms with E-state index in [1.54, 1.807) is 10.9 Å². The molecule has 0 radical (unpaired) electrons. The number of hydrogen-bond acceptors (Lipinski definition) is 4. The fourth-order valence-electron chi connectivity index (χ4n) is 2.32. The lowest BCUT2D eigenvalue weighted by Crippen LogP contribution is -2.47. The summed E-state index contributed by atoms with van der Waals surface area (Å²) >= 11 is 0. The highest BCUT2D eigenvalue weighted by atomic mass is 35.5. The molecule has 1 unspecified atom stereocenters. The second-order valence-corrected chi connectivity index (χ2v) is 6.32. The van der Waals surface area contributed by atoms with Crippen LogP contribution in [0.3, 0.4) is 0 Å². The number of carbonyl (C=O) groups is 2. The van der Waals surface area contributed by atoms with Crippen LogP contribution < -0.4 is 16.4 Å². The number of halogens is 1. The zero-order valence-corrected chi connectivity index (χ0v) is 16.0. The highest BCUT2D eigenvalue weighted by molar-refractivity contribution is 5.87. The van der Waals surface area contributed by atoms with E-state index in [2.05, 4.69) is 15.7 Å². The lowest BCUT2D eigenvalue weighted by Gasteiger charge is -2.17. The molecule has 2 aromatic rings. The summed E-state index contributed by atoms with van der Waals surface area (Å²) in [6, 6.07) is 8.80. The van der Waals surface area contributed by atoms with E-state index in [4.69, 9.17) is 5.73 Å². The molecule has 0 aliphatic rings. The molecule has 0 aliphatic carbocycles. The molecule has 1 aromatic heterocycles.